The van der Waals surface area contributed by atoms with Crippen LogP contribution < -0.4 is 9.47 Å². The Kier molecular flexibility index (Phi) is 6.19. The fourth-order valence-electron chi connectivity index (χ4n) is 4.23. The molecule has 0 saturated carbocycles. The van der Waals surface area contributed by atoms with E-state index in [0.29, 0.717) is 44.1 Å². The highest BCUT2D eigenvalue weighted by atomic mass is 32.2. The van der Waals surface area contributed by atoms with Crippen LogP contribution in [0.5, 0.6) is 11.5 Å². The molecular formula is C22H29N3O6S. The van der Waals surface area contributed by atoms with E-state index in [0.717, 1.165) is 17.1 Å². The second-order valence-corrected chi connectivity index (χ2v) is 9.90. The van der Waals surface area contributed by atoms with Gasteiger partial charge in [-0.05, 0) is 38.5 Å². The molecule has 10 heteroatoms. The third kappa shape index (κ3) is 3.98. The molecule has 1 saturated heterocycles. The molecule has 0 amide bonds. The molecule has 1 aromatic carbocycles. The van der Waals surface area contributed by atoms with Gasteiger partial charge in [-0.3, -0.25) is 4.90 Å². The van der Waals surface area contributed by atoms with Gasteiger partial charge < -0.3 is 18.8 Å². The molecule has 1 fully saturated rings. The minimum Gasteiger partial charge on any atom is -0.462 e. The lowest BCUT2D eigenvalue weighted by atomic mass is 10.2. The Labute approximate surface area is 188 Å². The largest absolute Gasteiger partial charge is 0.462 e. The van der Waals surface area contributed by atoms with Gasteiger partial charge in [0.2, 0.25) is 16.8 Å². The molecule has 0 atom stereocenters. The van der Waals surface area contributed by atoms with Crippen LogP contribution in [0.1, 0.15) is 34.2 Å². The maximum Gasteiger partial charge on any atom is 0.341 e. The van der Waals surface area contributed by atoms with Gasteiger partial charge in [0, 0.05) is 51.2 Å². The smallest absolute Gasteiger partial charge is 0.341 e. The van der Waals surface area contributed by atoms with Gasteiger partial charge in [0.25, 0.3) is 0 Å². The van der Waals surface area contributed by atoms with E-state index in [4.69, 9.17) is 14.2 Å². The molecule has 32 heavy (non-hydrogen) atoms. The molecule has 2 aromatic rings. The van der Waals surface area contributed by atoms with E-state index in [1.807, 2.05) is 18.2 Å². The van der Waals surface area contributed by atoms with Crippen molar-refractivity contribution in [1.29, 1.82) is 0 Å². The number of ether oxygens (including phenoxy) is 3. The van der Waals surface area contributed by atoms with E-state index in [1.165, 1.54) is 4.31 Å². The van der Waals surface area contributed by atoms with Crippen LogP contribution in [0, 0.1) is 13.8 Å². The van der Waals surface area contributed by atoms with Gasteiger partial charge in [-0.1, -0.05) is 6.07 Å². The monoisotopic (exact) mass is 463 g/mol. The van der Waals surface area contributed by atoms with Crippen LogP contribution in [-0.2, 0) is 28.4 Å². The number of piperazine rings is 1. The number of aromatic nitrogens is 1. The third-order valence-corrected chi connectivity index (χ3v) is 8.24. The zero-order valence-corrected chi connectivity index (χ0v) is 19.7. The topological polar surface area (TPSA) is 90.3 Å². The fraction of sp³-hybridized carbons (Fsp3) is 0.500. The summed E-state index contributed by atoms with van der Waals surface area (Å²) in [6.07, 6.45) is 0. The normalized spacial score (nSPS) is 17.0. The molecule has 174 valence electrons. The second kappa shape index (κ2) is 8.76. The maximum atomic E-state index is 13.6. The summed E-state index contributed by atoms with van der Waals surface area (Å²) >= 11 is 0. The highest BCUT2D eigenvalue weighted by Gasteiger charge is 2.37. The SMILES string of the molecule is CCOC(=O)c1c(S(=O)(=O)N2CCN(Cc3ccc4c(c3)OCO4)CC2)c(C)n(C)c1C. The first-order valence-electron chi connectivity index (χ1n) is 10.7. The number of rotatable bonds is 6. The highest BCUT2D eigenvalue weighted by molar-refractivity contribution is 7.89. The zero-order valence-electron chi connectivity index (χ0n) is 18.9. The minimum absolute atomic E-state index is 0.0557. The van der Waals surface area contributed by atoms with Crippen LogP contribution in [0.3, 0.4) is 0 Å². The van der Waals surface area contributed by atoms with Gasteiger partial charge in [-0.2, -0.15) is 4.31 Å². The molecule has 0 aliphatic carbocycles. The van der Waals surface area contributed by atoms with Gasteiger partial charge in [0.15, 0.2) is 11.5 Å². The summed E-state index contributed by atoms with van der Waals surface area (Å²) in [5.74, 6) is 0.884. The van der Waals surface area contributed by atoms with Crippen LogP contribution >= 0.6 is 0 Å². The molecular weight excluding hydrogens is 434 g/mol. The molecule has 0 radical (unpaired) electrons. The first-order chi connectivity index (χ1) is 15.2. The number of esters is 1. The number of hydrogen-bond donors (Lipinski definition) is 0. The van der Waals surface area contributed by atoms with Crippen molar-refractivity contribution in [2.45, 2.75) is 32.2 Å². The number of carbonyl (C=O) groups excluding carboxylic acids is 1. The molecule has 0 spiro atoms. The molecule has 2 aliphatic rings. The van der Waals surface area contributed by atoms with Crippen molar-refractivity contribution in [2.24, 2.45) is 7.05 Å². The van der Waals surface area contributed by atoms with E-state index in [1.54, 1.807) is 32.4 Å². The number of carbonyl (C=O) groups is 1. The van der Waals surface area contributed by atoms with Crippen molar-refractivity contribution in [1.82, 2.24) is 13.8 Å². The predicted octanol–water partition coefficient (Wildman–Crippen LogP) is 2.05. The lowest BCUT2D eigenvalue weighted by molar-refractivity contribution is 0.0520. The Morgan fingerprint density at radius 1 is 1.06 bits per heavy atom. The minimum atomic E-state index is -3.84. The van der Waals surface area contributed by atoms with Gasteiger partial charge in [-0.25, -0.2) is 13.2 Å². The average Bonchev–Trinajstić information content (AvgIpc) is 3.32. The van der Waals surface area contributed by atoms with Gasteiger partial charge >= 0.3 is 5.97 Å². The Bertz CT molecular complexity index is 1130. The fourth-order valence-corrected chi connectivity index (χ4v) is 6.13. The lowest BCUT2D eigenvalue weighted by Crippen LogP contribution is -2.48. The number of benzene rings is 1. The molecule has 1 aromatic heterocycles. The summed E-state index contributed by atoms with van der Waals surface area (Å²) in [5.41, 5.74) is 2.34. The second-order valence-electron chi connectivity index (χ2n) is 8.02. The first kappa shape index (κ1) is 22.6. The van der Waals surface area contributed by atoms with Gasteiger partial charge in [-0.15, -0.1) is 0 Å². The summed E-state index contributed by atoms with van der Waals surface area (Å²) in [6, 6.07) is 5.86. The van der Waals surface area contributed by atoms with Crippen LogP contribution in [0.4, 0.5) is 0 Å². The molecule has 0 unspecified atom stereocenters. The average molecular weight is 464 g/mol. The molecule has 4 rings (SSSR count). The Balaban J connectivity index is 1.50. The van der Waals surface area contributed by atoms with E-state index in [2.05, 4.69) is 4.90 Å². The van der Waals surface area contributed by atoms with E-state index in [-0.39, 0.29) is 23.9 Å². The van der Waals surface area contributed by atoms with Crippen LogP contribution in [0.25, 0.3) is 0 Å². The molecule has 0 bridgehead atoms. The van der Waals surface area contributed by atoms with Crippen molar-refractivity contribution in [3.63, 3.8) is 0 Å². The Morgan fingerprint density at radius 2 is 1.75 bits per heavy atom. The molecule has 0 N–H and O–H groups in total. The Morgan fingerprint density at radius 3 is 2.44 bits per heavy atom. The van der Waals surface area contributed by atoms with E-state index in [9.17, 15) is 13.2 Å². The quantitative estimate of drug-likeness (QED) is 0.606. The summed E-state index contributed by atoms with van der Waals surface area (Å²) in [5, 5.41) is 0. The van der Waals surface area contributed by atoms with Crippen molar-refractivity contribution >= 4 is 16.0 Å². The van der Waals surface area contributed by atoms with Crippen LogP contribution in [0.15, 0.2) is 23.1 Å². The predicted molar refractivity (Wildman–Crippen MR) is 117 cm³/mol. The number of fused-ring (bicyclic) bond motifs is 1. The van der Waals surface area contributed by atoms with Crippen molar-refractivity contribution in [3.05, 3.63) is 40.7 Å². The number of nitrogens with zero attached hydrogens (tertiary/aromatic N) is 3. The van der Waals surface area contributed by atoms with E-state index < -0.39 is 16.0 Å². The standard InChI is InChI=1S/C22H29N3O6S/c1-5-29-22(26)20-15(2)23(4)16(3)21(20)32(27,28)25-10-8-24(9-11-25)13-17-6-7-18-19(12-17)31-14-30-18/h6-7,12H,5,8-11,13-14H2,1-4H3. The summed E-state index contributed by atoms with van der Waals surface area (Å²) in [7, 11) is -2.08. The van der Waals surface area contributed by atoms with Crippen molar-refractivity contribution in [2.75, 3.05) is 39.6 Å². The van der Waals surface area contributed by atoms with E-state index >= 15 is 0 Å². The summed E-state index contributed by atoms with van der Waals surface area (Å²) in [6.45, 7) is 8.16. The highest BCUT2D eigenvalue weighted by Crippen LogP contribution is 2.33. The third-order valence-electron chi connectivity index (χ3n) is 6.18. The first-order valence-corrected chi connectivity index (χ1v) is 12.1. The van der Waals surface area contributed by atoms with Crippen LogP contribution in [0.2, 0.25) is 0 Å². The number of sulfonamides is 1. The maximum absolute atomic E-state index is 13.6. The molecule has 2 aliphatic heterocycles. The zero-order chi connectivity index (χ0) is 23.0. The summed E-state index contributed by atoms with van der Waals surface area (Å²) in [4.78, 5) is 14.8. The van der Waals surface area contributed by atoms with Crippen molar-refractivity contribution in [3.8, 4) is 11.5 Å². The number of hydrogen-bond acceptors (Lipinski definition) is 7. The van der Waals surface area contributed by atoms with Gasteiger partial charge in [0.05, 0.1) is 6.61 Å². The van der Waals surface area contributed by atoms with Crippen molar-refractivity contribution < 1.29 is 27.4 Å². The Hall–Kier alpha value is -2.56. The van der Waals surface area contributed by atoms with Gasteiger partial charge in [0.1, 0.15) is 10.5 Å². The summed E-state index contributed by atoms with van der Waals surface area (Å²) < 4.78 is 46.2. The molecule has 9 nitrogen and oxygen atoms in total. The molecule has 3 heterocycles. The van der Waals surface area contributed by atoms with Crippen LogP contribution in [-0.4, -0.2) is 67.7 Å². The lowest BCUT2D eigenvalue weighted by Gasteiger charge is -2.34.